The molecule has 0 fully saturated rings. The minimum atomic E-state index is -2.84. The smallest absolute Gasteiger partial charge is 0.148 e. The monoisotopic (exact) mass is 217 g/mol. The Kier molecular flexibility index (Phi) is 3.74. The Morgan fingerprint density at radius 1 is 1.46 bits per heavy atom. The lowest BCUT2D eigenvalue weighted by Gasteiger charge is -1.98. The second kappa shape index (κ2) is 4.62. The lowest BCUT2D eigenvalue weighted by Crippen LogP contribution is -2.04. The molecule has 13 heavy (non-hydrogen) atoms. The molecule has 3 nitrogen and oxygen atoms in total. The van der Waals surface area contributed by atoms with E-state index in [4.69, 9.17) is 0 Å². The van der Waals surface area contributed by atoms with Crippen LogP contribution in [0.1, 0.15) is 0 Å². The Morgan fingerprint density at radius 3 is 2.77 bits per heavy atom. The fourth-order valence-electron chi connectivity index (χ4n) is 0.730. The average molecular weight is 217 g/mol. The zero-order valence-corrected chi connectivity index (χ0v) is 8.94. The Morgan fingerprint density at radius 2 is 2.23 bits per heavy atom. The standard InChI is InChI=1S/C8H11NO2S2/c1-13(10,11)7-6-12-8-4-2-3-5-9-8/h2-5H,6-7H2,1H3. The first-order chi connectivity index (χ1) is 6.08. The molecule has 0 saturated heterocycles. The van der Waals surface area contributed by atoms with Gasteiger partial charge in [-0.15, -0.1) is 11.8 Å². The van der Waals surface area contributed by atoms with Gasteiger partial charge in [0.15, 0.2) is 0 Å². The number of hydrogen-bond acceptors (Lipinski definition) is 4. The zero-order chi connectivity index (χ0) is 9.73. The first-order valence-electron chi connectivity index (χ1n) is 3.79. The highest BCUT2D eigenvalue weighted by Crippen LogP contribution is 2.13. The van der Waals surface area contributed by atoms with E-state index in [-0.39, 0.29) is 5.75 Å². The van der Waals surface area contributed by atoms with Crippen LogP contribution >= 0.6 is 11.8 Å². The molecule has 0 atom stereocenters. The van der Waals surface area contributed by atoms with Crippen LogP contribution in [0.2, 0.25) is 0 Å². The SMILES string of the molecule is CS(=O)(=O)CCSc1ccccn1. The molecule has 0 aliphatic rings. The van der Waals surface area contributed by atoms with Crippen molar-refractivity contribution in [2.24, 2.45) is 0 Å². The number of thioether (sulfide) groups is 1. The number of hydrogen-bond donors (Lipinski definition) is 0. The number of sulfone groups is 1. The van der Waals surface area contributed by atoms with E-state index in [1.165, 1.54) is 18.0 Å². The van der Waals surface area contributed by atoms with Crippen molar-refractivity contribution in [2.75, 3.05) is 17.8 Å². The first kappa shape index (κ1) is 10.5. The summed E-state index contributed by atoms with van der Waals surface area (Å²) in [5.41, 5.74) is 0. The summed E-state index contributed by atoms with van der Waals surface area (Å²) >= 11 is 1.46. The minimum absolute atomic E-state index is 0.203. The predicted octanol–water partition coefficient (Wildman–Crippen LogP) is 1.22. The van der Waals surface area contributed by atoms with Gasteiger partial charge in [-0.1, -0.05) is 6.07 Å². The van der Waals surface area contributed by atoms with Crippen molar-refractivity contribution in [3.05, 3.63) is 24.4 Å². The second-order valence-electron chi connectivity index (χ2n) is 2.65. The highest BCUT2D eigenvalue weighted by Gasteiger charge is 2.02. The van der Waals surface area contributed by atoms with Crippen LogP contribution in [0, 0.1) is 0 Å². The molecule has 0 spiro atoms. The van der Waals surface area contributed by atoms with E-state index in [1.54, 1.807) is 6.20 Å². The normalized spacial score (nSPS) is 11.5. The van der Waals surface area contributed by atoms with Gasteiger partial charge >= 0.3 is 0 Å². The first-order valence-corrected chi connectivity index (χ1v) is 6.84. The van der Waals surface area contributed by atoms with Gasteiger partial charge in [-0.3, -0.25) is 0 Å². The molecule has 0 saturated carbocycles. The molecule has 0 amide bonds. The molecule has 0 N–H and O–H groups in total. The summed E-state index contributed by atoms with van der Waals surface area (Å²) in [5.74, 6) is 0.768. The van der Waals surface area contributed by atoms with E-state index >= 15 is 0 Å². The molecule has 0 bridgehead atoms. The van der Waals surface area contributed by atoms with Crippen LogP contribution in [-0.4, -0.2) is 31.2 Å². The van der Waals surface area contributed by atoms with Crippen molar-refractivity contribution in [3.63, 3.8) is 0 Å². The summed E-state index contributed by atoms with van der Waals surface area (Å²) in [4.78, 5) is 4.07. The van der Waals surface area contributed by atoms with Gasteiger partial charge in [0.2, 0.25) is 0 Å². The van der Waals surface area contributed by atoms with Crippen LogP contribution in [-0.2, 0) is 9.84 Å². The molecule has 0 aromatic carbocycles. The zero-order valence-electron chi connectivity index (χ0n) is 7.30. The Hall–Kier alpha value is -0.550. The molecule has 0 radical (unpaired) electrons. The molecular weight excluding hydrogens is 206 g/mol. The third-order valence-corrected chi connectivity index (χ3v) is 3.49. The molecule has 1 aromatic rings. The number of rotatable bonds is 4. The Balaban J connectivity index is 2.37. The van der Waals surface area contributed by atoms with Crippen molar-refractivity contribution in [2.45, 2.75) is 5.03 Å². The summed E-state index contributed by atoms with van der Waals surface area (Å²) in [7, 11) is -2.84. The third kappa shape index (κ3) is 4.90. The van der Waals surface area contributed by atoms with Gasteiger partial charge in [0.25, 0.3) is 0 Å². The van der Waals surface area contributed by atoms with Gasteiger partial charge in [-0.25, -0.2) is 13.4 Å². The van der Waals surface area contributed by atoms with Crippen LogP contribution in [0.3, 0.4) is 0 Å². The van der Waals surface area contributed by atoms with Gasteiger partial charge in [-0.05, 0) is 12.1 Å². The molecule has 72 valence electrons. The number of nitrogens with zero attached hydrogens (tertiary/aromatic N) is 1. The van der Waals surface area contributed by atoms with Gasteiger partial charge in [-0.2, -0.15) is 0 Å². The molecule has 1 heterocycles. The summed E-state index contributed by atoms with van der Waals surface area (Å²) in [5, 5.41) is 0.867. The number of pyridine rings is 1. The van der Waals surface area contributed by atoms with Crippen LogP contribution in [0.15, 0.2) is 29.4 Å². The number of aromatic nitrogens is 1. The highest BCUT2D eigenvalue weighted by atomic mass is 32.2. The van der Waals surface area contributed by atoms with Crippen molar-refractivity contribution in [1.29, 1.82) is 0 Å². The topological polar surface area (TPSA) is 47.0 Å². The van der Waals surface area contributed by atoms with E-state index in [9.17, 15) is 8.42 Å². The van der Waals surface area contributed by atoms with E-state index < -0.39 is 9.84 Å². The summed E-state index contributed by atoms with van der Waals surface area (Å²) in [6, 6.07) is 5.59. The molecule has 5 heteroatoms. The largest absolute Gasteiger partial charge is 0.250 e. The van der Waals surface area contributed by atoms with Crippen LogP contribution in [0.5, 0.6) is 0 Å². The van der Waals surface area contributed by atoms with E-state index in [1.807, 2.05) is 18.2 Å². The molecule has 1 aromatic heterocycles. The highest BCUT2D eigenvalue weighted by molar-refractivity contribution is 8.00. The fourth-order valence-corrected chi connectivity index (χ4v) is 2.79. The van der Waals surface area contributed by atoms with Crippen molar-refractivity contribution < 1.29 is 8.42 Å². The summed E-state index contributed by atoms with van der Waals surface area (Å²) in [6.45, 7) is 0. The van der Waals surface area contributed by atoms with E-state index in [2.05, 4.69) is 4.98 Å². The van der Waals surface area contributed by atoms with E-state index in [0.29, 0.717) is 5.75 Å². The molecule has 0 aliphatic carbocycles. The summed E-state index contributed by atoms with van der Waals surface area (Å²) < 4.78 is 21.6. The van der Waals surface area contributed by atoms with Gasteiger partial charge in [0, 0.05) is 18.2 Å². The van der Waals surface area contributed by atoms with Crippen LogP contribution < -0.4 is 0 Å². The van der Waals surface area contributed by atoms with Gasteiger partial charge in [0.05, 0.1) is 10.8 Å². The van der Waals surface area contributed by atoms with E-state index in [0.717, 1.165) is 5.03 Å². The fraction of sp³-hybridized carbons (Fsp3) is 0.375. The van der Waals surface area contributed by atoms with Crippen molar-refractivity contribution in [3.8, 4) is 0 Å². The molecule has 1 rings (SSSR count). The third-order valence-electron chi connectivity index (χ3n) is 1.34. The maximum absolute atomic E-state index is 10.8. The second-order valence-corrected chi connectivity index (χ2v) is 6.02. The molecule has 0 aliphatic heterocycles. The lowest BCUT2D eigenvalue weighted by atomic mass is 10.5. The maximum Gasteiger partial charge on any atom is 0.148 e. The molecular formula is C8H11NO2S2. The minimum Gasteiger partial charge on any atom is -0.250 e. The van der Waals surface area contributed by atoms with Crippen LogP contribution in [0.4, 0.5) is 0 Å². The van der Waals surface area contributed by atoms with Gasteiger partial charge < -0.3 is 0 Å². The molecule has 0 unspecified atom stereocenters. The average Bonchev–Trinajstić information content (AvgIpc) is 2.04. The Bertz CT molecular complexity index is 348. The predicted molar refractivity (Wildman–Crippen MR) is 54.7 cm³/mol. The van der Waals surface area contributed by atoms with Crippen molar-refractivity contribution in [1.82, 2.24) is 4.98 Å². The quantitative estimate of drug-likeness (QED) is 0.711. The van der Waals surface area contributed by atoms with Crippen molar-refractivity contribution >= 4 is 21.6 Å². The van der Waals surface area contributed by atoms with Gasteiger partial charge in [0.1, 0.15) is 9.84 Å². The Labute approximate surface area is 82.5 Å². The lowest BCUT2D eigenvalue weighted by molar-refractivity contribution is 0.603. The van der Waals surface area contributed by atoms with Crippen LogP contribution in [0.25, 0.3) is 0 Å². The maximum atomic E-state index is 10.8. The summed E-state index contributed by atoms with van der Waals surface area (Å²) in [6.07, 6.45) is 2.94.